The van der Waals surface area contributed by atoms with Crippen LogP contribution in [0.25, 0.3) is 0 Å². The van der Waals surface area contributed by atoms with Gasteiger partial charge in [-0.05, 0) is 6.42 Å². The minimum absolute atomic E-state index is 0.760. The molecular formula is C21H43N3. The fourth-order valence-corrected chi connectivity index (χ4v) is 3.58. The summed E-state index contributed by atoms with van der Waals surface area (Å²) in [4.78, 5) is 6.46. The summed E-state index contributed by atoms with van der Waals surface area (Å²) in [7, 11) is 0. The number of nitrogens with zero attached hydrogens (tertiary/aromatic N) is 2. The van der Waals surface area contributed by atoms with Crippen molar-refractivity contribution in [1.82, 2.24) is 4.90 Å². The molecule has 0 aromatic carbocycles. The van der Waals surface area contributed by atoms with Crippen LogP contribution in [-0.4, -0.2) is 30.5 Å². The molecule has 0 radical (unpaired) electrons. The molecule has 0 aromatic rings. The van der Waals surface area contributed by atoms with Gasteiger partial charge in [-0.2, -0.15) is 0 Å². The largest absolute Gasteiger partial charge is 0.370 e. The summed E-state index contributed by atoms with van der Waals surface area (Å²) in [6, 6.07) is 0. The van der Waals surface area contributed by atoms with Gasteiger partial charge in [0.15, 0.2) is 5.96 Å². The lowest BCUT2D eigenvalue weighted by molar-refractivity contribution is 0.426. The molecule has 2 N–H and O–H groups in total. The van der Waals surface area contributed by atoms with Crippen molar-refractivity contribution in [2.75, 3.05) is 19.6 Å². The van der Waals surface area contributed by atoms with Gasteiger partial charge < -0.3 is 10.6 Å². The lowest BCUT2D eigenvalue weighted by Gasteiger charge is -2.16. The second kappa shape index (κ2) is 15.8. The van der Waals surface area contributed by atoms with Crippen LogP contribution in [0.2, 0.25) is 0 Å². The quantitative estimate of drug-likeness (QED) is 0.337. The van der Waals surface area contributed by atoms with E-state index < -0.39 is 0 Å². The van der Waals surface area contributed by atoms with E-state index in [4.69, 9.17) is 5.73 Å². The summed E-state index contributed by atoms with van der Waals surface area (Å²) in [6.07, 6.45) is 22.8. The number of aliphatic imine (C=N–C) groups is 1. The molecule has 3 nitrogen and oxygen atoms in total. The van der Waals surface area contributed by atoms with E-state index in [1.165, 1.54) is 103 Å². The SMILES string of the molecule is CCCCCCCCCCCCCCCCCCN1CCN=C1N. The number of rotatable bonds is 17. The Kier molecular flexibility index (Phi) is 14.0. The standard InChI is InChI=1S/C21H43N3/c1-2-3-4-5-6-7-8-9-10-11-12-13-14-15-16-17-19-24-20-18-23-21(24)22/h2-20H2,1H3,(H2,22,23). The average molecular weight is 338 g/mol. The van der Waals surface area contributed by atoms with E-state index in [2.05, 4.69) is 16.8 Å². The number of unbranched alkanes of at least 4 members (excludes halogenated alkanes) is 15. The van der Waals surface area contributed by atoms with Crippen molar-refractivity contribution >= 4 is 5.96 Å². The third-order valence-electron chi connectivity index (χ3n) is 5.25. The zero-order chi connectivity index (χ0) is 17.3. The zero-order valence-electron chi connectivity index (χ0n) is 16.4. The van der Waals surface area contributed by atoms with Crippen LogP contribution in [0.1, 0.15) is 110 Å². The summed E-state index contributed by atoms with van der Waals surface area (Å²) < 4.78 is 0. The molecule has 0 fully saturated rings. The highest BCUT2D eigenvalue weighted by Gasteiger charge is 2.11. The summed E-state index contributed by atoms with van der Waals surface area (Å²) in [5.41, 5.74) is 5.82. The minimum atomic E-state index is 0.760. The van der Waals surface area contributed by atoms with Crippen LogP contribution in [-0.2, 0) is 0 Å². The van der Waals surface area contributed by atoms with E-state index in [9.17, 15) is 0 Å². The van der Waals surface area contributed by atoms with Crippen LogP contribution >= 0.6 is 0 Å². The maximum absolute atomic E-state index is 5.82. The lowest BCUT2D eigenvalue weighted by atomic mass is 10.0. The molecule has 0 saturated heterocycles. The van der Waals surface area contributed by atoms with Crippen molar-refractivity contribution in [1.29, 1.82) is 0 Å². The summed E-state index contributed by atoms with van der Waals surface area (Å²) >= 11 is 0. The van der Waals surface area contributed by atoms with Gasteiger partial charge in [0.1, 0.15) is 0 Å². The van der Waals surface area contributed by atoms with E-state index in [0.717, 1.165) is 25.6 Å². The molecule has 3 heteroatoms. The van der Waals surface area contributed by atoms with Crippen LogP contribution in [0.4, 0.5) is 0 Å². The monoisotopic (exact) mass is 337 g/mol. The molecule has 1 rings (SSSR count). The third-order valence-corrected chi connectivity index (χ3v) is 5.25. The molecule has 0 amide bonds. The van der Waals surface area contributed by atoms with Gasteiger partial charge in [-0.15, -0.1) is 0 Å². The zero-order valence-corrected chi connectivity index (χ0v) is 16.4. The Bertz CT molecular complexity index is 301. The third kappa shape index (κ3) is 11.8. The normalized spacial score (nSPS) is 14.4. The summed E-state index contributed by atoms with van der Waals surface area (Å²) in [6.45, 7) is 5.32. The lowest BCUT2D eigenvalue weighted by Crippen LogP contribution is -2.34. The van der Waals surface area contributed by atoms with Gasteiger partial charge in [-0.3, -0.25) is 4.99 Å². The molecule has 0 bridgehead atoms. The first-order valence-corrected chi connectivity index (χ1v) is 10.9. The van der Waals surface area contributed by atoms with Crippen LogP contribution in [0.5, 0.6) is 0 Å². The average Bonchev–Trinajstić information content (AvgIpc) is 2.99. The second-order valence-electron chi connectivity index (χ2n) is 7.53. The van der Waals surface area contributed by atoms with E-state index in [-0.39, 0.29) is 0 Å². The highest BCUT2D eigenvalue weighted by Crippen LogP contribution is 2.14. The van der Waals surface area contributed by atoms with Crippen molar-refractivity contribution in [3.63, 3.8) is 0 Å². The van der Waals surface area contributed by atoms with Crippen molar-refractivity contribution < 1.29 is 0 Å². The first-order valence-electron chi connectivity index (χ1n) is 10.9. The predicted octanol–water partition coefficient (Wildman–Crippen LogP) is 5.88. The Morgan fingerprint density at radius 1 is 0.708 bits per heavy atom. The van der Waals surface area contributed by atoms with Crippen molar-refractivity contribution in [3.05, 3.63) is 0 Å². The van der Waals surface area contributed by atoms with Gasteiger partial charge in [0.05, 0.1) is 6.54 Å². The van der Waals surface area contributed by atoms with Gasteiger partial charge in [0.2, 0.25) is 0 Å². The summed E-state index contributed by atoms with van der Waals surface area (Å²) in [5.74, 6) is 0.760. The number of guanidine groups is 1. The maximum Gasteiger partial charge on any atom is 0.191 e. The second-order valence-corrected chi connectivity index (χ2v) is 7.53. The molecule has 0 unspecified atom stereocenters. The van der Waals surface area contributed by atoms with E-state index in [1.54, 1.807) is 0 Å². The first-order chi connectivity index (χ1) is 11.8. The van der Waals surface area contributed by atoms with E-state index >= 15 is 0 Å². The fraction of sp³-hybridized carbons (Fsp3) is 0.952. The molecule has 24 heavy (non-hydrogen) atoms. The first kappa shape index (κ1) is 21.3. The highest BCUT2D eigenvalue weighted by molar-refractivity contribution is 5.79. The Morgan fingerprint density at radius 3 is 1.50 bits per heavy atom. The van der Waals surface area contributed by atoms with Crippen molar-refractivity contribution in [2.45, 2.75) is 110 Å². The summed E-state index contributed by atoms with van der Waals surface area (Å²) in [5, 5.41) is 0. The molecule has 1 aliphatic heterocycles. The van der Waals surface area contributed by atoms with Gasteiger partial charge in [-0.25, -0.2) is 0 Å². The topological polar surface area (TPSA) is 41.6 Å². The Hall–Kier alpha value is -0.730. The Labute approximate surface area is 151 Å². The van der Waals surface area contributed by atoms with Crippen LogP contribution in [0.3, 0.4) is 0 Å². The van der Waals surface area contributed by atoms with Crippen molar-refractivity contribution in [3.8, 4) is 0 Å². The Balaban J connectivity index is 1.68. The van der Waals surface area contributed by atoms with Crippen LogP contribution < -0.4 is 5.73 Å². The molecule has 0 aliphatic carbocycles. The van der Waals surface area contributed by atoms with Gasteiger partial charge in [0, 0.05) is 13.1 Å². The van der Waals surface area contributed by atoms with Gasteiger partial charge in [-0.1, -0.05) is 103 Å². The molecule has 0 atom stereocenters. The molecule has 142 valence electrons. The molecule has 0 spiro atoms. The molecule has 1 heterocycles. The fourth-order valence-electron chi connectivity index (χ4n) is 3.58. The Morgan fingerprint density at radius 2 is 1.12 bits per heavy atom. The van der Waals surface area contributed by atoms with Crippen LogP contribution in [0, 0.1) is 0 Å². The van der Waals surface area contributed by atoms with Crippen molar-refractivity contribution in [2.24, 2.45) is 10.7 Å². The van der Waals surface area contributed by atoms with E-state index in [0.29, 0.717) is 0 Å². The highest BCUT2D eigenvalue weighted by atomic mass is 15.3. The van der Waals surface area contributed by atoms with Gasteiger partial charge in [0.25, 0.3) is 0 Å². The number of hydrogen-bond acceptors (Lipinski definition) is 3. The van der Waals surface area contributed by atoms with Gasteiger partial charge >= 0.3 is 0 Å². The van der Waals surface area contributed by atoms with Crippen LogP contribution in [0.15, 0.2) is 4.99 Å². The predicted molar refractivity (Wildman–Crippen MR) is 108 cm³/mol. The smallest absolute Gasteiger partial charge is 0.191 e. The number of hydrogen-bond donors (Lipinski definition) is 1. The molecule has 0 aromatic heterocycles. The number of nitrogens with two attached hydrogens (primary N) is 1. The molecule has 0 saturated carbocycles. The molecule has 1 aliphatic rings. The minimum Gasteiger partial charge on any atom is -0.370 e. The van der Waals surface area contributed by atoms with E-state index in [1.807, 2.05) is 0 Å². The molecular weight excluding hydrogens is 294 g/mol. The maximum atomic E-state index is 5.82.